The maximum absolute atomic E-state index is 12.9. The van der Waals surface area contributed by atoms with E-state index in [1.54, 1.807) is 30.5 Å². The Morgan fingerprint density at radius 1 is 0.963 bits per heavy atom. The van der Waals surface area contributed by atoms with Crippen molar-refractivity contribution in [2.75, 3.05) is 4.90 Å². The van der Waals surface area contributed by atoms with Crippen molar-refractivity contribution in [3.05, 3.63) is 30.3 Å². The van der Waals surface area contributed by atoms with Gasteiger partial charge < -0.3 is 0 Å². The standard InChI is InChI=1S/C21H23N3O3/c25-18-17(19(26)24(20(27)23-18)16-4-2-1-3-5-16)12-22-21-9-13-6-14(10-21)8-15(7-13)11-21/h1-5,12-15,17H,6-11H2,(H,23,25,27)/p+1/t13?,14?,15?,17-,21?/m1/s1. The van der Waals surface area contributed by atoms with Gasteiger partial charge in [0, 0.05) is 19.3 Å². The van der Waals surface area contributed by atoms with Crippen LogP contribution in [0.1, 0.15) is 38.5 Å². The summed E-state index contributed by atoms with van der Waals surface area (Å²) in [5.41, 5.74) is 0.495. The minimum absolute atomic E-state index is 0.0222. The molecule has 6 rings (SSSR count). The van der Waals surface area contributed by atoms with E-state index in [-0.39, 0.29) is 5.54 Å². The number of carbonyl (C=O) groups is 3. The summed E-state index contributed by atoms with van der Waals surface area (Å²) in [6.07, 6.45) is 9.02. The number of urea groups is 1. The Morgan fingerprint density at radius 3 is 2.15 bits per heavy atom. The summed E-state index contributed by atoms with van der Waals surface area (Å²) in [4.78, 5) is 42.1. The minimum Gasteiger partial charge on any atom is -0.276 e. The first kappa shape index (κ1) is 16.7. The second-order valence-electron chi connectivity index (χ2n) is 8.79. The smallest absolute Gasteiger partial charge is 0.276 e. The summed E-state index contributed by atoms with van der Waals surface area (Å²) in [5, 5.41) is 2.32. The van der Waals surface area contributed by atoms with Crippen molar-refractivity contribution in [1.29, 1.82) is 0 Å². The maximum Gasteiger partial charge on any atom is 0.335 e. The van der Waals surface area contributed by atoms with E-state index in [2.05, 4.69) is 10.3 Å². The molecule has 0 aromatic heterocycles. The highest BCUT2D eigenvalue weighted by atomic mass is 16.2. The number of amides is 4. The lowest BCUT2D eigenvalue weighted by molar-refractivity contribution is -0.572. The van der Waals surface area contributed by atoms with E-state index in [1.165, 1.54) is 19.3 Å². The van der Waals surface area contributed by atoms with Crippen molar-refractivity contribution in [2.24, 2.45) is 23.7 Å². The van der Waals surface area contributed by atoms with E-state index in [0.717, 1.165) is 41.9 Å². The molecule has 4 saturated carbocycles. The van der Waals surface area contributed by atoms with Gasteiger partial charge in [-0.3, -0.25) is 14.9 Å². The highest BCUT2D eigenvalue weighted by Gasteiger charge is 2.54. The molecule has 4 amide bonds. The van der Waals surface area contributed by atoms with E-state index < -0.39 is 23.8 Å². The first-order valence-corrected chi connectivity index (χ1v) is 9.88. The molecule has 5 fully saturated rings. The zero-order valence-corrected chi connectivity index (χ0v) is 15.2. The van der Waals surface area contributed by atoms with Gasteiger partial charge in [-0.2, -0.15) is 0 Å². The average Bonchev–Trinajstić information content (AvgIpc) is 2.61. The molecule has 6 heteroatoms. The van der Waals surface area contributed by atoms with Crippen LogP contribution in [-0.2, 0) is 9.59 Å². The molecule has 1 atom stereocenters. The monoisotopic (exact) mass is 366 g/mol. The van der Waals surface area contributed by atoms with E-state index in [9.17, 15) is 14.4 Å². The Morgan fingerprint density at radius 2 is 1.56 bits per heavy atom. The molecule has 0 spiro atoms. The third-order valence-corrected chi connectivity index (χ3v) is 6.81. The van der Waals surface area contributed by atoms with E-state index in [0.29, 0.717) is 5.69 Å². The summed E-state index contributed by atoms with van der Waals surface area (Å²) < 4.78 is 0. The molecule has 4 aliphatic carbocycles. The van der Waals surface area contributed by atoms with Crippen molar-refractivity contribution in [1.82, 2.24) is 5.32 Å². The highest BCUT2D eigenvalue weighted by molar-refractivity contribution is 6.32. The fraction of sp³-hybridized carbons (Fsp3) is 0.524. The van der Waals surface area contributed by atoms with Crippen LogP contribution in [0.15, 0.2) is 30.3 Å². The SMILES string of the molecule is O=C1NC(=O)N(c2ccccc2)C(=O)[C@@H]1C=[NH+]C12CC3CC(CC(C3)C1)C2. The summed E-state index contributed by atoms with van der Waals surface area (Å²) >= 11 is 0. The Kier molecular flexibility index (Phi) is 3.71. The predicted molar refractivity (Wildman–Crippen MR) is 98.9 cm³/mol. The molecule has 5 aliphatic rings. The van der Waals surface area contributed by atoms with Crippen molar-refractivity contribution in [3.63, 3.8) is 0 Å². The predicted octanol–water partition coefficient (Wildman–Crippen LogP) is 1.01. The van der Waals surface area contributed by atoms with Gasteiger partial charge in [-0.1, -0.05) is 18.2 Å². The summed E-state index contributed by atoms with van der Waals surface area (Å²) in [6.45, 7) is 0. The second kappa shape index (κ2) is 6.01. The number of imide groups is 2. The van der Waals surface area contributed by atoms with Crippen molar-refractivity contribution in [2.45, 2.75) is 44.1 Å². The fourth-order valence-corrected chi connectivity index (χ4v) is 6.11. The molecular formula is C21H24N3O3+. The van der Waals surface area contributed by atoms with Crippen LogP contribution in [0.3, 0.4) is 0 Å². The van der Waals surface area contributed by atoms with Gasteiger partial charge in [0.1, 0.15) is 0 Å². The number of nitrogens with zero attached hydrogens (tertiary/aromatic N) is 1. The number of nitrogens with one attached hydrogen (secondary N) is 2. The molecule has 0 radical (unpaired) electrons. The zero-order valence-electron chi connectivity index (χ0n) is 15.2. The molecule has 1 aromatic carbocycles. The molecular weight excluding hydrogens is 342 g/mol. The average molecular weight is 366 g/mol. The van der Waals surface area contributed by atoms with E-state index >= 15 is 0 Å². The van der Waals surface area contributed by atoms with Gasteiger partial charge >= 0.3 is 6.03 Å². The number of benzene rings is 1. The molecule has 1 saturated heterocycles. The van der Waals surface area contributed by atoms with E-state index in [1.807, 2.05) is 6.07 Å². The summed E-state index contributed by atoms with van der Waals surface area (Å²) in [6, 6.07) is 8.04. The molecule has 1 heterocycles. The quantitative estimate of drug-likeness (QED) is 0.619. The summed E-state index contributed by atoms with van der Waals surface area (Å²) in [7, 11) is 0. The Balaban J connectivity index is 1.41. The van der Waals surface area contributed by atoms with Gasteiger partial charge in [0.15, 0.2) is 17.7 Å². The third-order valence-electron chi connectivity index (χ3n) is 6.81. The molecule has 6 nitrogen and oxygen atoms in total. The van der Waals surface area contributed by atoms with Crippen LogP contribution < -0.4 is 15.2 Å². The molecule has 4 bridgehead atoms. The zero-order chi connectivity index (χ0) is 18.6. The van der Waals surface area contributed by atoms with Crippen molar-refractivity contribution in [3.8, 4) is 0 Å². The third kappa shape index (κ3) is 2.78. The normalized spacial score (nSPS) is 37.9. The van der Waals surface area contributed by atoms with Gasteiger partial charge in [0.25, 0.3) is 11.8 Å². The maximum atomic E-state index is 12.9. The van der Waals surface area contributed by atoms with Crippen LogP contribution in [-0.4, -0.2) is 29.6 Å². The topological polar surface area (TPSA) is 80.5 Å². The molecule has 140 valence electrons. The Labute approximate surface area is 158 Å². The largest absolute Gasteiger partial charge is 0.335 e. The lowest BCUT2D eigenvalue weighted by Crippen LogP contribution is -2.89. The molecule has 2 N–H and O–H groups in total. The van der Waals surface area contributed by atoms with Crippen LogP contribution in [0.4, 0.5) is 10.5 Å². The number of hydrogen-bond acceptors (Lipinski definition) is 3. The molecule has 1 aliphatic heterocycles. The fourth-order valence-electron chi connectivity index (χ4n) is 6.11. The number of barbiturate groups is 1. The number of rotatable bonds is 3. The minimum atomic E-state index is -0.990. The van der Waals surface area contributed by atoms with Crippen LogP contribution >= 0.6 is 0 Å². The number of carbonyl (C=O) groups excluding carboxylic acids is 3. The first-order valence-electron chi connectivity index (χ1n) is 9.88. The van der Waals surface area contributed by atoms with Gasteiger partial charge in [0.05, 0.1) is 5.69 Å². The number of para-hydroxylation sites is 1. The molecule has 1 aromatic rings. The van der Waals surface area contributed by atoms with Crippen LogP contribution in [0.5, 0.6) is 0 Å². The number of anilines is 1. The van der Waals surface area contributed by atoms with Crippen LogP contribution in [0.25, 0.3) is 0 Å². The van der Waals surface area contributed by atoms with Crippen molar-refractivity contribution >= 4 is 29.7 Å². The van der Waals surface area contributed by atoms with Crippen LogP contribution in [0.2, 0.25) is 0 Å². The van der Waals surface area contributed by atoms with E-state index in [4.69, 9.17) is 0 Å². The molecule has 0 unspecified atom stereocenters. The second-order valence-corrected chi connectivity index (χ2v) is 8.79. The van der Waals surface area contributed by atoms with Crippen LogP contribution in [0, 0.1) is 23.7 Å². The highest BCUT2D eigenvalue weighted by Crippen LogP contribution is 2.53. The molecule has 27 heavy (non-hydrogen) atoms. The Hall–Kier alpha value is -2.50. The Bertz CT molecular complexity index is 797. The van der Waals surface area contributed by atoms with Gasteiger partial charge in [0.2, 0.25) is 0 Å². The van der Waals surface area contributed by atoms with Crippen molar-refractivity contribution < 1.29 is 19.4 Å². The lowest BCUT2D eigenvalue weighted by atomic mass is 9.53. The lowest BCUT2D eigenvalue weighted by Gasteiger charge is -2.52. The van der Waals surface area contributed by atoms with Gasteiger partial charge in [-0.25, -0.2) is 14.7 Å². The first-order chi connectivity index (χ1) is 13.0. The van der Waals surface area contributed by atoms with Gasteiger partial charge in [-0.15, -0.1) is 0 Å². The van der Waals surface area contributed by atoms with Gasteiger partial charge in [-0.05, 0) is 49.1 Å². The number of hydrogen-bond donors (Lipinski definition) is 2. The summed E-state index contributed by atoms with van der Waals surface area (Å²) in [5.74, 6) is 0.291.